The Labute approximate surface area is 98.2 Å². The summed E-state index contributed by atoms with van der Waals surface area (Å²) in [6, 6.07) is 6.86. The topological polar surface area (TPSA) is 91.2 Å². The predicted octanol–water partition coefficient (Wildman–Crippen LogP) is 0.768. The Morgan fingerprint density at radius 1 is 1.29 bits per heavy atom. The minimum Gasteiger partial charge on any atom is -0.245 e. The average Bonchev–Trinajstić information content (AvgIpc) is 2.83. The summed E-state index contributed by atoms with van der Waals surface area (Å²) >= 11 is 0. The maximum Gasteiger partial charge on any atom is 0.353 e. The molecule has 1 aromatic carbocycles. The first-order valence-corrected chi connectivity index (χ1v) is 6.35. The van der Waals surface area contributed by atoms with E-state index in [-0.39, 0.29) is 11.4 Å². The molecule has 0 spiro atoms. The smallest absolute Gasteiger partial charge is 0.245 e. The third kappa shape index (κ3) is 2.59. The van der Waals surface area contributed by atoms with Crippen molar-refractivity contribution in [2.24, 2.45) is 10.3 Å². The van der Waals surface area contributed by atoms with Gasteiger partial charge < -0.3 is 0 Å². The fourth-order valence-electron chi connectivity index (χ4n) is 1.27. The highest BCUT2D eigenvalue weighted by atomic mass is 32.2. The molecule has 2 rings (SSSR count). The number of benzene rings is 1. The van der Waals surface area contributed by atoms with Crippen molar-refractivity contribution in [1.82, 2.24) is 9.73 Å². The number of urea groups is 1. The maximum atomic E-state index is 11.8. The summed E-state index contributed by atoms with van der Waals surface area (Å²) in [7, 11) is -3.84. The van der Waals surface area contributed by atoms with Gasteiger partial charge in [-0.3, -0.25) is 0 Å². The summed E-state index contributed by atoms with van der Waals surface area (Å²) in [5, 5.41) is 8.05. The van der Waals surface area contributed by atoms with Crippen molar-refractivity contribution in [3.05, 3.63) is 30.3 Å². The Hall–Kier alpha value is -1.96. The van der Waals surface area contributed by atoms with Crippen molar-refractivity contribution in [3.8, 4) is 0 Å². The largest absolute Gasteiger partial charge is 0.353 e. The molecule has 7 nitrogen and oxygen atoms in total. The van der Waals surface area contributed by atoms with Gasteiger partial charge in [-0.15, -0.1) is 0 Å². The van der Waals surface area contributed by atoms with Gasteiger partial charge in [0.2, 0.25) is 0 Å². The van der Waals surface area contributed by atoms with Gasteiger partial charge in [-0.05, 0) is 12.1 Å². The van der Waals surface area contributed by atoms with Crippen LogP contribution >= 0.6 is 0 Å². The summed E-state index contributed by atoms with van der Waals surface area (Å²) in [6.07, 6.45) is 0. The molecule has 90 valence electrons. The van der Waals surface area contributed by atoms with E-state index in [2.05, 4.69) is 10.3 Å². The van der Waals surface area contributed by atoms with Gasteiger partial charge in [0.05, 0.1) is 18.0 Å². The zero-order chi connectivity index (χ0) is 12.3. The molecular formula is C9H10N4O3S. The molecule has 17 heavy (non-hydrogen) atoms. The van der Waals surface area contributed by atoms with Gasteiger partial charge in [0, 0.05) is 0 Å². The molecule has 0 fully saturated rings. The van der Waals surface area contributed by atoms with E-state index in [1.807, 2.05) is 4.72 Å². The number of nitrogens with zero attached hydrogens (tertiary/aromatic N) is 3. The van der Waals surface area contributed by atoms with Crippen LogP contribution in [0.5, 0.6) is 0 Å². The number of hydrogen-bond donors (Lipinski definition) is 1. The number of nitrogens with one attached hydrogen (secondary N) is 1. The Bertz CT molecular complexity index is 541. The minimum absolute atomic E-state index is 0.0319. The van der Waals surface area contributed by atoms with E-state index in [0.29, 0.717) is 6.54 Å². The first kappa shape index (κ1) is 11.5. The maximum absolute atomic E-state index is 11.8. The third-order valence-corrected chi connectivity index (χ3v) is 3.43. The fraction of sp³-hybridized carbons (Fsp3) is 0.222. The zero-order valence-electron chi connectivity index (χ0n) is 8.78. The molecule has 2 amide bonds. The molecule has 0 saturated carbocycles. The standard InChI is InChI=1S/C9H10N4O3S/c14-9(13-7-6-10-12-13)11-17(15,16)8-4-2-1-3-5-8/h1-5H,6-7H2,(H,11,14). The van der Waals surface area contributed by atoms with Gasteiger partial charge in [-0.1, -0.05) is 23.4 Å². The molecule has 1 aromatic rings. The van der Waals surface area contributed by atoms with Crippen molar-refractivity contribution in [1.29, 1.82) is 0 Å². The van der Waals surface area contributed by atoms with E-state index in [0.717, 1.165) is 5.01 Å². The monoisotopic (exact) mass is 254 g/mol. The van der Waals surface area contributed by atoms with Crippen LogP contribution in [0.1, 0.15) is 0 Å². The molecule has 0 atom stereocenters. The van der Waals surface area contributed by atoms with Crippen molar-refractivity contribution in [3.63, 3.8) is 0 Å². The van der Waals surface area contributed by atoms with Crippen LogP contribution in [0.3, 0.4) is 0 Å². The molecule has 1 aliphatic heterocycles. The van der Waals surface area contributed by atoms with Crippen LogP contribution < -0.4 is 4.72 Å². The summed E-state index contributed by atoms with van der Waals surface area (Å²) in [6.45, 7) is 0.676. The molecule has 1 heterocycles. The average molecular weight is 254 g/mol. The lowest BCUT2D eigenvalue weighted by Gasteiger charge is -2.11. The van der Waals surface area contributed by atoms with Crippen LogP contribution in [0.4, 0.5) is 4.79 Å². The summed E-state index contributed by atoms with van der Waals surface area (Å²) < 4.78 is 25.5. The lowest BCUT2D eigenvalue weighted by atomic mass is 10.4. The number of carbonyl (C=O) groups is 1. The highest BCUT2D eigenvalue weighted by Crippen LogP contribution is 2.08. The van der Waals surface area contributed by atoms with Crippen molar-refractivity contribution >= 4 is 16.1 Å². The first-order chi connectivity index (χ1) is 8.09. The molecule has 1 aliphatic rings. The van der Waals surface area contributed by atoms with Gasteiger partial charge in [0.15, 0.2) is 0 Å². The second-order valence-electron chi connectivity index (χ2n) is 3.30. The van der Waals surface area contributed by atoms with E-state index in [1.165, 1.54) is 12.1 Å². The van der Waals surface area contributed by atoms with Gasteiger partial charge >= 0.3 is 6.03 Å². The Kier molecular flexibility index (Phi) is 3.05. The molecule has 1 N–H and O–H groups in total. The van der Waals surface area contributed by atoms with Gasteiger partial charge in [-0.2, -0.15) is 10.1 Å². The lowest BCUT2D eigenvalue weighted by molar-refractivity contribution is 0.211. The molecular weight excluding hydrogens is 244 g/mol. The summed E-state index contributed by atoms with van der Waals surface area (Å²) in [5.41, 5.74) is 0. The van der Waals surface area contributed by atoms with Crippen LogP contribution in [0, 0.1) is 0 Å². The summed E-state index contributed by atoms with van der Waals surface area (Å²) in [4.78, 5) is 11.5. The number of rotatable bonds is 2. The number of amides is 2. The van der Waals surface area contributed by atoms with Gasteiger partial charge in [0.25, 0.3) is 10.0 Å². The van der Waals surface area contributed by atoms with Crippen LogP contribution in [-0.2, 0) is 10.0 Å². The lowest BCUT2D eigenvalue weighted by Crippen LogP contribution is -2.39. The van der Waals surface area contributed by atoms with Gasteiger partial charge in [-0.25, -0.2) is 17.9 Å². The highest BCUT2D eigenvalue weighted by molar-refractivity contribution is 7.90. The molecule has 0 bridgehead atoms. The molecule has 0 radical (unpaired) electrons. The van der Waals surface area contributed by atoms with E-state index < -0.39 is 16.1 Å². The zero-order valence-corrected chi connectivity index (χ0v) is 9.59. The van der Waals surface area contributed by atoms with E-state index in [4.69, 9.17) is 0 Å². The van der Waals surface area contributed by atoms with Crippen molar-refractivity contribution < 1.29 is 13.2 Å². The quantitative estimate of drug-likeness (QED) is 0.844. The number of hydrogen-bond acceptors (Lipinski definition) is 5. The highest BCUT2D eigenvalue weighted by Gasteiger charge is 2.23. The van der Waals surface area contributed by atoms with Crippen molar-refractivity contribution in [2.45, 2.75) is 4.90 Å². The number of carbonyl (C=O) groups excluding carboxylic acids is 1. The van der Waals surface area contributed by atoms with Crippen LogP contribution in [0.25, 0.3) is 0 Å². The van der Waals surface area contributed by atoms with E-state index in [1.54, 1.807) is 18.2 Å². The fourth-order valence-corrected chi connectivity index (χ4v) is 2.24. The second kappa shape index (κ2) is 4.50. The van der Waals surface area contributed by atoms with Crippen molar-refractivity contribution in [2.75, 3.05) is 13.1 Å². The second-order valence-corrected chi connectivity index (χ2v) is 4.98. The third-order valence-electron chi connectivity index (χ3n) is 2.09. The normalized spacial score (nSPS) is 14.9. The van der Waals surface area contributed by atoms with E-state index >= 15 is 0 Å². The van der Waals surface area contributed by atoms with Crippen LogP contribution in [-0.4, -0.2) is 32.5 Å². The molecule has 0 aromatic heterocycles. The van der Waals surface area contributed by atoms with Gasteiger partial charge in [0.1, 0.15) is 0 Å². The summed E-state index contributed by atoms with van der Waals surface area (Å²) in [5.74, 6) is 0. The minimum atomic E-state index is -3.84. The molecule has 0 aliphatic carbocycles. The Morgan fingerprint density at radius 2 is 2.00 bits per heavy atom. The molecule has 0 saturated heterocycles. The Balaban J connectivity index is 2.13. The van der Waals surface area contributed by atoms with Crippen LogP contribution in [0.2, 0.25) is 0 Å². The first-order valence-electron chi connectivity index (χ1n) is 4.86. The Morgan fingerprint density at radius 3 is 2.59 bits per heavy atom. The predicted molar refractivity (Wildman–Crippen MR) is 58.6 cm³/mol. The van der Waals surface area contributed by atoms with Crippen LogP contribution in [0.15, 0.2) is 45.6 Å². The molecule has 0 unspecified atom stereocenters. The SMILES string of the molecule is O=C(NS(=O)(=O)c1ccccc1)N1CCN=N1. The van der Waals surface area contributed by atoms with E-state index in [9.17, 15) is 13.2 Å². The molecule has 8 heteroatoms. The number of sulfonamides is 1.